The van der Waals surface area contributed by atoms with Crippen LogP contribution < -0.4 is 10.2 Å². The first-order chi connectivity index (χ1) is 7.20. The Hall–Kier alpha value is -1.09. The molecule has 0 saturated carbocycles. The quantitative estimate of drug-likeness (QED) is 0.799. The van der Waals surface area contributed by atoms with Crippen LogP contribution in [-0.2, 0) is 0 Å². The first kappa shape index (κ1) is 10.4. The van der Waals surface area contributed by atoms with Crippen molar-refractivity contribution in [3.63, 3.8) is 0 Å². The molecule has 1 N–H and O–H groups in total. The van der Waals surface area contributed by atoms with E-state index in [1.165, 1.54) is 6.07 Å². The molecular weight excluding hydrogens is 191 g/mol. The highest BCUT2D eigenvalue weighted by atomic mass is 19.1. The number of hydrogen-bond acceptors (Lipinski definition) is 2. The Labute approximate surface area is 90.1 Å². The van der Waals surface area contributed by atoms with E-state index in [0.717, 1.165) is 30.8 Å². The maximum Gasteiger partial charge on any atom is 0.125 e. The first-order valence-electron chi connectivity index (χ1n) is 5.39. The van der Waals surface area contributed by atoms with Gasteiger partial charge in [0.05, 0.1) is 0 Å². The predicted octanol–water partition coefficient (Wildman–Crippen LogP) is 1.93. The Bertz CT molecular complexity index is 351. The number of benzene rings is 1. The van der Waals surface area contributed by atoms with E-state index in [9.17, 15) is 4.39 Å². The average molecular weight is 208 g/mol. The van der Waals surface area contributed by atoms with Gasteiger partial charge in [-0.05, 0) is 38.1 Å². The molecule has 0 spiro atoms. The minimum atomic E-state index is -0.150. The lowest BCUT2D eigenvalue weighted by Crippen LogP contribution is -2.29. The maximum atomic E-state index is 13.1. The molecule has 3 heteroatoms. The van der Waals surface area contributed by atoms with Crippen LogP contribution in [0.2, 0.25) is 0 Å². The van der Waals surface area contributed by atoms with Gasteiger partial charge in [0.15, 0.2) is 0 Å². The molecule has 1 aliphatic rings. The van der Waals surface area contributed by atoms with Crippen molar-refractivity contribution in [3.05, 3.63) is 29.6 Å². The van der Waals surface area contributed by atoms with Gasteiger partial charge in [0, 0.05) is 24.8 Å². The lowest BCUT2D eigenvalue weighted by Gasteiger charge is -2.20. The van der Waals surface area contributed by atoms with Crippen molar-refractivity contribution in [2.24, 2.45) is 0 Å². The summed E-state index contributed by atoms with van der Waals surface area (Å²) >= 11 is 0. The molecule has 15 heavy (non-hydrogen) atoms. The van der Waals surface area contributed by atoms with E-state index in [0.29, 0.717) is 6.04 Å². The summed E-state index contributed by atoms with van der Waals surface area (Å²) in [6.07, 6.45) is 1.13. The number of nitrogens with one attached hydrogen (secondary N) is 1. The lowest BCUT2D eigenvalue weighted by atomic mass is 10.2. The van der Waals surface area contributed by atoms with Gasteiger partial charge in [-0.1, -0.05) is 6.07 Å². The minimum Gasteiger partial charge on any atom is -0.370 e. The van der Waals surface area contributed by atoms with Crippen molar-refractivity contribution in [3.8, 4) is 0 Å². The Morgan fingerprint density at radius 1 is 1.47 bits per heavy atom. The third-order valence-electron chi connectivity index (χ3n) is 3.11. The molecule has 1 aliphatic heterocycles. The summed E-state index contributed by atoms with van der Waals surface area (Å²) in [6.45, 7) is 4.01. The molecule has 0 radical (unpaired) electrons. The fourth-order valence-corrected chi connectivity index (χ4v) is 2.14. The standard InChI is InChI=1S/C12H17FN2/c1-9-3-4-10(13)7-12(9)15-6-5-11(8-15)14-2/h3-4,7,11,14H,5-6,8H2,1-2H3. The topological polar surface area (TPSA) is 15.3 Å². The molecule has 82 valence electrons. The number of hydrogen-bond donors (Lipinski definition) is 1. The van der Waals surface area contributed by atoms with Gasteiger partial charge in [0.2, 0.25) is 0 Å². The molecule has 0 aromatic heterocycles. The van der Waals surface area contributed by atoms with Gasteiger partial charge in [0.1, 0.15) is 5.82 Å². The fraction of sp³-hybridized carbons (Fsp3) is 0.500. The second-order valence-corrected chi connectivity index (χ2v) is 4.15. The van der Waals surface area contributed by atoms with Gasteiger partial charge < -0.3 is 10.2 Å². The summed E-state index contributed by atoms with van der Waals surface area (Å²) in [4.78, 5) is 2.25. The average Bonchev–Trinajstić information content (AvgIpc) is 2.70. The summed E-state index contributed by atoms with van der Waals surface area (Å²) in [5.74, 6) is -0.150. The molecule has 1 atom stereocenters. The van der Waals surface area contributed by atoms with E-state index in [1.54, 1.807) is 6.07 Å². The third kappa shape index (κ3) is 2.12. The number of likely N-dealkylation sites (N-methyl/N-ethyl adjacent to an activating group) is 1. The van der Waals surface area contributed by atoms with E-state index < -0.39 is 0 Å². The van der Waals surface area contributed by atoms with Crippen molar-refractivity contribution < 1.29 is 4.39 Å². The summed E-state index contributed by atoms with van der Waals surface area (Å²) in [7, 11) is 1.98. The zero-order valence-corrected chi connectivity index (χ0v) is 9.26. The Morgan fingerprint density at radius 3 is 2.93 bits per heavy atom. The molecule has 2 rings (SSSR count). The van der Waals surface area contributed by atoms with Crippen molar-refractivity contribution in [1.82, 2.24) is 5.32 Å². The zero-order valence-electron chi connectivity index (χ0n) is 9.26. The molecule has 1 fully saturated rings. The number of anilines is 1. The normalized spacial score (nSPS) is 21.0. The van der Waals surface area contributed by atoms with Crippen molar-refractivity contribution in [1.29, 1.82) is 0 Å². The van der Waals surface area contributed by atoms with Crippen LogP contribution >= 0.6 is 0 Å². The van der Waals surface area contributed by atoms with E-state index in [4.69, 9.17) is 0 Å². The number of halogens is 1. The van der Waals surface area contributed by atoms with E-state index >= 15 is 0 Å². The third-order valence-corrected chi connectivity index (χ3v) is 3.11. The van der Waals surface area contributed by atoms with Crippen LogP contribution in [0.25, 0.3) is 0 Å². The smallest absolute Gasteiger partial charge is 0.125 e. The van der Waals surface area contributed by atoms with Gasteiger partial charge in [-0.2, -0.15) is 0 Å². The maximum absolute atomic E-state index is 13.1. The largest absolute Gasteiger partial charge is 0.370 e. The highest BCUT2D eigenvalue weighted by Crippen LogP contribution is 2.24. The van der Waals surface area contributed by atoms with Gasteiger partial charge in [0.25, 0.3) is 0 Å². The molecule has 1 unspecified atom stereocenters. The van der Waals surface area contributed by atoms with Gasteiger partial charge in [-0.25, -0.2) is 4.39 Å². The summed E-state index contributed by atoms with van der Waals surface area (Å²) in [5.41, 5.74) is 2.18. The van der Waals surface area contributed by atoms with Crippen LogP contribution in [0.15, 0.2) is 18.2 Å². The predicted molar refractivity (Wildman–Crippen MR) is 60.8 cm³/mol. The molecule has 1 heterocycles. The van der Waals surface area contributed by atoms with E-state index in [1.807, 2.05) is 20.0 Å². The number of nitrogens with zero attached hydrogens (tertiary/aromatic N) is 1. The SMILES string of the molecule is CNC1CCN(c2cc(F)ccc2C)C1. The molecular formula is C12H17FN2. The molecule has 2 nitrogen and oxygen atoms in total. The molecule has 0 amide bonds. The minimum absolute atomic E-state index is 0.150. The second kappa shape index (κ2) is 4.19. The summed E-state index contributed by atoms with van der Waals surface area (Å²) in [6, 6.07) is 5.53. The second-order valence-electron chi connectivity index (χ2n) is 4.15. The van der Waals surface area contributed by atoms with Crippen LogP contribution in [0, 0.1) is 12.7 Å². The Kier molecular flexibility index (Phi) is 2.91. The van der Waals surface area contributed by atoms with Crippen LogP contribution in [0.5, 0.6) is 0 Å². The van der Waals surface area contributed by atoms with Crippen molar-refractivity contribution in [2.45, 2.75) is 19.4 Å². The lowest BCUT2D eigenvalue weighted by molar-refractivity contribution is 0.615. The summed E-state index contributed by atoms with van der Waals surface area (Å²) in [5, 5.41) is 3.26. The molecule has 1 aromatic carbocycles. The van der Waals surface area contributed by atoms with Crippen LogP contribution in [0.3, 0.4) is 0 Å². The van der Waals surface area contributed by atoms with Gasteiger partial charge >= 0.3 is 0 Å². The van der Waals surface area contributed by atoms with Crippen LogP contribution in [0.4, 0.5) is 10.1 Å². The molecule has 1 aromatic rings. The summed E-state index contributed by atoms with van der Waals surface area (Å²) < 4.78 is 13.1. The molecule has 1 saturated heterocycles. The van der Waals surface area contributed by atoms with Gasteiger partial charge in [-0.15, -0.1) is 0 Å². The highest BCUT2D eigenvalue weighted by Gasteiger charge is 2.22. The fourth-order valence-electron chi connectivity index (χ4n) is 2.14. The molecule has 0 aliphatic carbocycles. The van der Waals surface area contributed by atoms with Crippen LogP contribution in [0.1, 0.15) is 12.0 Å². The van der Waals surface area contributed by atoms with E-state index in [2.05, 4.69) is 10.2 Å². The molecule has 0 bridgehead atoms. The number of rotatable bonds is 2. The number of aryl methyl sites for hydroxylation is 1. The van der Waals surface area contributed by atoms with Crippen molar-refractivity contribution in [2.75, 3.05) is 25.0 Å². The zero-order chi connectivity index (χ0) is 10.8. The van der Waals surface area contributed by atoms with Crippen molar-refractivity contribution >= 4 is 5.69 Å². The first-order valence-corrected chi connectivity index (χ1v) is 5.39. The van der Waals surface area contributed by atoms with Gasteiger partial charge in [-0.3, -0.25) is 0 Å². The Morgan fingerprint density at radius 2 is 2.27 bits per heavy atom. The Balaban J connectivity index is 2.19. The highest BCUT2D eigenvalue weighted by molar-refractivity contribution is 5.54. The van der Waals surface area contributed by atoms with Crippen LogP contribution in [-0.4, -0.2) is 26.2 Å². The van der Waals surface area contributed by atoms with E-state index in [-0.39, 0.29) is 5.82 Å². The monoisotopic (exact) mass is 208 g/mol.